The maximum Gasteiger partial charge on any atom is 0.269 e. The number of nitrogens with one attached hydrogen (secondary N) is 1. The predicted octanol–water partition coefficient (Wildman–Crippen LogP) is 3.66. The molecule has 0 aliphatic heterocycles. The molecule has 1 N–H and O–H groups in total. The van der Waals surface area contributed by atoms with E-state index in [0.29, 0.717) is 17.1 Å². The Morgan fingerprint density at radius 1 is 1.06 bits per heavy atom. The maximum absolute atomic E-state index is 13.6. The van der Waals surface area contributed by atoms with Gasteiger partial charge in [-0.2, -0.15) is 5.10 Å². The number of rotatable bonds is 5. The number of hydrogen-bond acceptors (Lipinski definition) is 5. The molecule has 0 atom stereocenters. The average Bonchev–Trinajstić information content (AvgIpc) is 3.24. The van der Waals surface area contributed by atoms with Gasteiger partial charge in [0.25, 0.3) is 11.8 Å². The number of pyridine rings is 3. The van der Waals surface area contributed by atoms with Crippen LogP contribution >= 0.6 is 0 Å². The number of fused-ring (bicyclic) bond motifs is 1. The number of carbonyl (C=O) groups excluding carboxylic acids is 2. The molecule has 1 aliphatic rings. The molecule has 0 bridgehead atoms. The minimum absolute atomic E-state index is 0.0706. The van der Waals surface area contributed by atoms with Crippen LogP contribution in [0.1, 0.15) is 45.7 Å². The van der Waals surface area contributed by atoms with Crippen molar-refractivity contribution in [2.24, 2.45) is 0 Å². The molecular formula is C25H24N6O2. The van der Waals surface area contributed by atoms with Gasteiger partial charge in [0.1, 0.15) is 11.5 Å². The number of hydrogen-bond donors (Lipinski definition) is 1. The smallest absolute Gasteiger partial charge is 0.269 e. The summed E-state index contributed by atoms with van der Waals surface area (Å²) in [6.07, 6.45) is 10.0. The summed E-state index contributed by atoms with van der Waals surface area (Å²) < 4.78 is 1.73. The minimum Gasteiger partial charge on any atom is -0.354 e. The van der Waals surface area contributed by atoms with Crippen LogP contribution in [0.25, 0.3) is 16.6 Å². The summed E-state index contributed by atoms with van der Waals surface area (Å²) in [6, 6.07) is 11.2. The van der Waals surface area contributed by atoms with Gasteiger partial charge in [-0.15, -0.1) is 0 Å². The number of aryl methyl sites for hydroxylation is 1. The highest BCUT2D eigenvalue weighted by Gasteiger charge is 2.31. The largest absolute Gasteiger partial charge is 0.354 e. The second-order valence-electron chi connectivity index (χ2n) is 8.27. The van der Waals surface area contributed by atoms with Crippen LogP contribution in [0.15, 0.2) is 61.2 Å². The van der Waals surface area contributed by atoms with E-state index in [1.807, 2.05) is 36.1 Å². The maximum atomic E-state index is 13.6. The van der Waals surface area contributed by atoms with Crippen LogP contribution in [0.2, 0.25) is 0 Å². The van der Waals surface area contributed by atoms with Crippen LogP contribution in [0.4, 0.5) is 5.82 Å². The molecule has 1 aliphatic carbocycles. The standard InChI is InChI=1S/C25H24N6O2/c1-16-6-9-23(28-13-16)31(19-4-3-5-19)25(33)17-10-11-30-22(12-17)20(15-29-30)18-7-8-21(27-14-18)24(32)26-2/h6-15,19H,3-5H2,1-2H3,(H,26,32). The Morgan fingerprint density at radius 2 is 1.91 bits per heavy atom. The van der Waals surface area contributed by atoms with Crippen molar-refractivity contribution in [1.29, 1.82) is 0 Å². The van der Waals surface area contributed by atoms with Gasteiger partial charge in [0.05, 0.1) is 11.7 Å². The highest BCUT2D eigenvalue weighted by molar-refractivity contribution is 6.07. The summed E-state index contributed by atoms with van der Waals surface area (Å²) in [5.41, 5.74) is 4.42. The monoisotopic (exact) mass is 440 g/mol. The Balaban J connectivity index is 1.51. The molecular weight excluding hydrogens is 416 g/mol. The number of aromatic nitrogens is 4. The first-order valence-corrected chi connectivity index (χ1v) is 11.0. The fourth-order valence-corrected chi connectivity index (χ4v) is 4.00. The Kier molecular flexibility index (Phi) is 5.34. The second-order valence-corrected chi connectivity index (χ2v) is 8.27. The Bertz CT molecular complexity index is 1320. The molecule has 1 fully saturated rings. The van der Waals surface area contributed by atoms with Crippen molar-refractivity contribution < 1.29 is 9.59 Å². The van der Waals surface area contributed by atoms with E-state index in [1.165, 1.54) is 0 Å². The van der Waals surface area contributed by atoms with Crippen molar-refractivity contribution in [3.05, 3.63) is 78.0 Å². The number of amides is 2. The first kappa shape index (κ1) is 20.8. The van der Waals surface area contributed by atoms with E-state index in [4.69, 9.17) is 0 Å². The van der Waals surface area contributed by atoms with E-state index in [1.54, 1.807) is 48.5 Å². The summed E-state index contributed by atoms with van der Waals surface area (Å²) in [5, 5.41) is 6.98. The quantitative estimate of drug-likeness (QED) is 0.511. The summed E-state index contributed by atoms with van der Waals surface area (Å²) in [6.45, 7) is 1.98. The zero-order valence-electron chi connectivity index (χ0n) is 18.5. The molecule has 0 saturated heterocycles. The second kappa shape index (κ2) is 8.46. The molecule has 8 nitrogen and oxygen atoms in total. The third-order valence-corrected chi connectivity index (χ3v) is 6.10. The summed E-state index contributed by atoms with van der Waals surface area (Å²) in [5.74, 6) is 0.367. The lowest BCUT2D eigenvalue weighted by molar-refractivity contribution is 0.0952. The molecule has 1 saturated carbocycles. The molecule has 5 rings (SSSR count). The van der Waals surface area contributed by atoms with E-state index in [2.05, 4.69) is 20.4 Å². The summed E-state index contributed by atoms with van der Waals surface area (Å²) in [7, 11) is 1.57. The molecule has 4 aromatic rings. The van der Waals surface area contributed by atoms with Crippen molar-refractivity contribution in [2.45, 2.75) is 32.2 Å². The Morgan fingerprint density at radius 3 is 2.55 bits per heavy atom. The molecule has 2 amide bonds. The SMILES string of the molecule is CNC(=O)c1ccc(-c2cnn3ccc(C(=O)N(c4ccc(C)cn4)C4CCC4)cc23)cn1. The summed E-state index contributed by atoms with van der Waals surface area (Å²) >= 11 is 0. The molecule has 4 aromatic heterocycles. The van der Waals surface area contributed by atoms with Gasteiger partial charge in [0.2, 0.25) is 0 Å². The van der Waals surface area contributed by atoms with Crippen molar-refractivity contribution in [1.82, 2.24) is 24.9 Å². The topological polar surface area (TPSA) is 92.5 Å². The third kappa shape index (κ3) is 3.84. The van der Waals surface area contributed by atoms with Crippen LogP contribution in [0.3, 0.4) is 0 Å². The van der Waals surface area contributed by atoms with Gasteiger partial charge in [-0.1, -0.05) is 12.1 Å². The number of nitrogens with zero attached hydrogens (tertiary/aromatic N) is 5. The first-order chi connectivity index (χ1) is 16.0. The lowest BCUT2D eigenvalue weighted by atomic mass is 9.91. The summed E-state index contributed by atoms with van der Waals surface area (Å²) in [4.78, 5) is 36.0. The van der Waals surface area contributed by atoms with Crippen LogP contribution in [-0.4, -0.2) is 44.5 Å². The third-order valence-electron chi connectivity index (χ3n) is 6.10. The van der Waals surface area contributed by atoms with Crippen LogP contribution < -0.4 is 10.2 Å². The Labute approximate surface area is 191 Å². The van der Waals surface area contributed by atoms with E-state index in [0.717, 1.165) is 41.5 Å². The molecule has 166 valence electrons. The molecule has 8 heteroatoms. The van der Waals surface area contributed by atoms with Gasteiger partial charge < -0.3 is 5.32 Å². The predicted molar refractivity (Wildman–Crippen MR) is 125 cm³/mol. The van der Waals surface area contributed by atoms with Gasteiger partial charge in [0, 0.05) is 48.4 Å². The van der Waals surface area contributed by atoms with Gasteiger partial charge >= 0.3 is 0 Å². The van der Waals surface area contributed by atoms with Crippen LogP contribution in [0, 0.1) is 6.92 Å². The molecule has 33 heavy (non-hydrogen) atoms. The fourth-order valence-electron chi connectivity index (χ4n) is 4.00. The number of anilines is 1. The molecule has 0 aromatic carbocycles. The van der Waals surface area contributed by atoms with E-state index >= 15 is 0 Å². The average molecular weight is 441 g/mol. The van der Waals surface area contributed by atoms with E-state index in [9.17, 15) is 9.59 Å². The first-order valence-electron chi connectivity index (χ1n) is 11.0. The van der Waals surface area contributed by atoms with Crippen LogP contribution in [0.5, 0.6) is 0 Å². The van der Waals surface area contributed by atoms with Crippen molar-refractivity contribution >= 4 is 23.1 Å². The van der Waals surface area contributed by atoms with Gasteiger partial charge in [-0.25, -0.2) is 9.50 Å². The van der Waals surface area contributed by atoms with Crippen molar-refractivity contribution in [3.63, 3.8) is 0 Å². The number of carbonyl (C=O) groups is 2. The zero-order chi connectivity index (χ0) is 22.9. The van der Waals surface area contributed by atoms with Crippen molar-refractivity contribution in [3.8, 4) is 11.1 Å². The highest BCUT2D eigenvalue weighted by Crippen LogP contribution is 2.31. The van der Waals surface area contributed by atoms with Crippen LogP contribution in [-0.2, 0) is 0 Å². The van der Waals surface area contributed by atoms with Gasteiger partial charge in [-0.3, -0.25) is 19.5 Å². The minimum atomic E-state index is -0.241. The van der Waals surface area contributed by atoms with Crippen molar-refractivity contribution in [2.75, 3.05) is 11.9 Å². The van der Waals surface area contributed by atoms with E-state index < -0.39 is 0 Å². The van der Waals surface area contributed by atoms with E-state index in [-0.39, 0.29) is 17.9 Å². The van der Waals surface area contributed by atoms with Gasteiger partial charge in [0.15, 0.2) is 0 Å². The lowest BCUT2D eigenvalue weighted by Crippen LogP contribution is -2.45. The molecule has 0 spiro atoms. The zero-order valence-corrected chi connectivity index (χ0v) is 18.5. The molecule has 0 radical (unpaired) electrons. The molecule has 0 unspecified atom stereocenters. The Hall–Kier alpha value is -4.07. The normalized spacial score (nSPS) is 13.5. The van der Waals surface area contributed by atoms with Gasteiger partial charge in [-0.05, 0) is 56.0 Å². The highest BCUT2D eigenvalue weighted by atomic mass is 16.2. The molecule has 4 heterocycles. The fraction of sp³-hybridized carbons (Fsp3) is 0.240. The lowest BCUT2D eigenvalue weighted by Gasteiger charge is -2.36.